The van der Waals surface area contributed by atoms with E-state index in [1.165, 1.54) is 24.5 Å². The van der Waals surface area contributed by atoms with Gasteiger partial charge in [-0.15, -0.1) is 0 Å². The summed E-state index contributed by atoms with van der Waals surface area (Å²) >= 11 is 0. The normalized spacial score (nSPS) is 25.2. The van der Waals surface area contributed by atoms with E-state index in [-0.39, 0.29) is 17.6 Å². The first-order valence-electron chi connectivity index (χ1n) is 8.75. The van der Waals surface area contributed by atoms with E-state index in [4.69, 9.17) is 4.74 Å². The molecule has 0 spiro atoms. The van der Waals surface area contributed by atoms with Gasteiger partial charge in [-0.3, -0.25) is 9.69 Å². The Hall–Kier alpha value is -2.54. The molecular weight excluding hydrogens is 337 g/mol. The second-order valence-electron chi connectivity index (χ2n) is 7.07. The van der Waals surface area contributed by atoms with E-state index >= 15 is 0 Å². The van der Waals surface area contributed by atoms with E-state index in [1.54, 1.807) is 12.1 Å². The van der Waals surface area contributed by atoms with Crippen LogP contribution in [0.25, 0.3) is 0 Å². The number of nitrogens with zero attached hydrogens (tertiary/aromatic N) is 3. The van der Waals surface area contributed by atoms with Crippen molar-refractivity contribution in [1.82, 2.24) is 14.9 Å². The lowest BCUT2D eigenvalue weighted by Crippen LogP contribution is -2.30. The van der Waals surface area contributed by atoms with Crippen molar-refractivity contribution in [1.29, 1.82) is 0 Å². The van der Waals surface area contributed by atoms with E-state index in [0.717, 1.165) is 25.9 Å². The number of ketones is 1. The van der Waals surface area contributed by atoms with Crippen molar-refractivity contribution in [2.75, 3.05) is 19.6 Å². The predicted molar refractivity (Wildman–Crippen MR) is 91.5 cm³/mol. The summed E-state index contributed by atoms with van der Waals surface area (Å²) in [5, 5.41) is 9.26. The SMILES string of the molecule is O=C(CN1CC2CC(Oc3ccc(F)nc3)CC2C1)c1ccc(O)cn1. The zero-order valence-corrected chi connectivity index (χ0v) is 14.2. The maximum absolute atomic E-state index is 12.9. The van der Waals surface area contributed by atoms with Gasteiger partial charge in [0, 0.05) is 13.1 Å². The third kappa shape index (κ3) is 3.67. The molecule has 2 aromatic rings. The number of aromatic nitrogens is 2. The smallest absolute Gasteiger partial charge is 0.213 e. The molecule has 1 N–H and O–H groups in total. The lowest BCUT2D eigenvalue weighted by Gasteiger charge is -2.19. The summed E-state index contributed by atoms with van der Waals surface area (Å²) in [5.74, 6) is 1.13. The Kier molecular flexibility index (Phi) is 4.55. The fourth-order valence-electron chi connectivity index (χ4n) is 4.03. The molecule has 2 atom stereocenters. The van der Waals surface area contributed by atoms with Crippen LogP contribution in [0.3, 0.4) is 0 Å². The van der Waals surface area contributed by atoms with Crippen LogP contribution in [0.1, 0.15) is 23.3 Å². The van der Waals surface area contributed by atoms with Crippen molar-refractivity contribution in [3.05, 3.63) is 48.3 Å². The summed E-state index contributed by atoms with van der Waals surface area (Å²) in [6, 6.07) is 5.93. The molecule has 2 unspecified atom stereocenters. The number of halogens is 1. The van der Waals surface area contributed by atoms with Crippen LogP contribution in [-0.2, 0) is 0 Å². The van der Waals surface area contributed by atoms with Gasteiger partial charge in [-0.2, -0.15) is 4.39 Å². The number of carbonyl (C=O) groups is 1. The second-order valence-corrected chi connectivity index (χ2v) is 7.07. The third-order valence-corrected chi connectivity index (χ3v) is 5.19. The van der Waals surface area contributed by atoms with E-state index in [2.05, 4.69) is 14.9 Å². The monoisotopic (exact) mass is 357 g/mol. The Morgan fingerprint density at radius 2 is 1.92 bits per heavy atom. The van der Waals surface area contributed by atoms with E-state index in [9.17, 15) is 14.3 Å². The van der Waals surface area contributed by atoms with Crippen molar-refractivity contribution >= 4 is 5.78 Å². The number of hydrogen-bond acceptors (Lipinski definition) is 6. The molecule has 0 aromatic carbocycles. The van der Waals surface area contributed by atoms with Crippen LogP contribution in [0, 0.1) is 17.8 Å². The molecule has 6 nitrogen and oxygen atoms in total. The summed E-state index contributed by atoms with van der Waals surface area (Å²) in [5.41, 5.74) is 0.380. The number of aromatic hydroxyl groups is 1. The van der Waals surface area contributed by atoms with Crippen LogP contribution in [0.5, 0.6) is 11.5 Å². The van der Waals surface area contributed by atoms with Crippen molar-refractivity contribution in [3.63, 3.8) is 0 Å². The highest BCUT2D eigenvalue weighted by molar-refractivity contribution is 5.95. The highest BCUT2D eigenvalue weighted by Crippen LogP contribution is 2.39. The molecule has 1 saturated heterocycles. The van der Waals surface area contributed by atoms with E-state index in [1.807, 2.05) is 0 Å². The number of rotatable bonds is 5. The first-order valence-corrected chi connectivity index (χ1v) is 8.75. The zero-order valence-electron chi connectivity index (χ0n) is 14.2. The van der Waals surface area contributed by atoms with Gasteiger partial charge in [-0.1, -0.05) is 0 Å². The minimum atomic E-state index is -0.510. The molecule has 1 aliphatic heterocycles. The number of likely N-dealkylation sites (tertiary alicyclic amines) is 1. The number of pyridine rings is 2. The zero-order chi connectivity index (χ0) is 18.1. The molecule has 2 aliphatic rings. The van der Waals surface area contributed by atoms with Crippen LogP contribution >= 0.6 is 0 Å². The van der Waals surface area contributed by atoms with Gasteiger partial charge in [-0.05, 0) is 48.9 Å². The average molecular weight is 357 g/mol. The first kappa shape index (κ1) is 16.9. The fraction of sp³-hybridized carbons (Fsp3) is 0.421. The lowest BCUT2D eigenvalue weighted by molar-refractivity contribution is 0.0931. The van der Waals surface area contributed by atoms with Gasteiger partial charge in [0.15, 0.2) is 5.78 Å². The Balaban J connectivity index is 1.28. The maximum atomic E-state index is 12.9. The Bertz CT molecular complexity index is 768. The van der Waals surface area contributed by atoms with Crippen molar-refractivity contribution in [2.24, 2.45) is 11.8 Å². The standard InChI is InChI=1S/C19H20FN3O3/c20-19-4-2-15(8-22-19)26-16-5-12-9-23(10-13(12)6-16)11-18(25)17-3-1-14(24)7-21-17/h1-4,7-8,12-13,16,24H,5-6,9-11H2. The van der Waals surface area contributed by atoms with E-state index in [0.29, 0.717) is 29.8 Å². The molecule has 1 saturated carbocycles. The van der Waals surface area contributed by atoms with Gasteiger partial charge in [0.2, 0.25) is 5.95 Å². The van der Waals surface area contributed by atoms with Crippen molar-refractivity contribution in [2.45, 2.75) is 18.9 Å². The highest BCUT2D eigenvalue weighted by atomic mass is 19.1. The number of hydrogen-bond donors (Lipinski definition) is 1. The topological polar surface area (TPSA) is 75.6 Å². The summed E-state index contributed by atoms with van der Waals surface area (Å²) in [4.78, 5) is 22.1. The van der Waals surface area contributed by atoms with Gasteiger partial charge >= 0.3 is 0 Å². The molecular formula is C19H20FN3O3. The van der Waals surface area contributed by atoms with Gasteiger partial charge in [-0.25, -0.2) is 9.97 Å². The van der Waals surface area contributed by atoms with Crippen LogP contribution < -0.4 is 4.74 Å². The maximum Gasteiger partial charge on any atom is 0.213 e. The molecule has 2 aromatic heterocycles. The second kappa shape index (κ2) is 6.99. The van der Waals surface area contributed by atoms with Crippen LogP contribution in [0.4, 0.5) is 4.39 Å². The van der Waals surface area contributed by atoms with Crippen LogP contribution in [-0.4, -0.2) is 51.5 Å². The van der Waals surface area contributed by atoms with Crippen molar-refractivity contribution < 1.29 is 19.0 Å². The van der Waals surface area contributed by atoms with Gasteiger partial charge < -0.3 is 9.84 Å². The molecule has 0 radical (unpaired) electrons. The number of fused-ring (bicyclic) bond motifs is 1. The summed E-state index contributed by atoms with van der Waals surface area (Å²) < 4.78 is 18.8. The largest absolute Gasteiger partial charge is 0.506 e. The molecule has 4 rings (SSSR count). The van der Waals surface area contributed by atoms with Crippen LogP contribution in [0.15, 0.2) is 36.7 Å². The molecule has 2 fully saturated rings. The molecule has 26 heavy (non-hydrogen) atoms. The molecule has 136 valence electrons. The summed E-state index contributed by atoms with van der Waals surface area (Å²) in [6.07, 6.45) is 4.69. The molecule has 3 heterocycles. The average Bonchev–Trinajstić information content (AvgIpc) is 3.15. The van der Waals surface area contributed by atoms with Crippen LogP contribution in [0.2, 0.25) is 0 Å². The Labute approximate surface area is 150 Å². The number of Topliss-reactive ketones (excluding diaryl/α,β-unsaturated/α-hetero) is 1. The summed E-state index contributed by atoms with van der Waals surface area (Å²) in [6.45, 7) is 2.09. The minimum Gasteiger partial charge on any atom is -0.506 e. The highest BCUT2D eigenvalue weighted by Gasteiger charge is 2.42. The lowest BCUT2D eigenvalue weighted by atomic mass is 10.0. The first-order chi connectivity index (χ1) is 12.6. The number of ether oxygens (including phenoxy) is 1. The van der Waals surface area contributed by atoms with Crippen molar-refractivity contribution in [3.8, 4) is 11.5 Å². The fourth-order valence-corrected chi connectivity index (χ4v) is 4.03. The summed E-state index contributed by atoms with van der Waals surface area (Å²) in [7, 11) is 0. The Morgan fingerprint density at radius 1 is 1.15 bits per heavy atom. The molecule has 0 amide bonds. The Morgan fingerprint density at radius 3 is 2.54 bits per heavy atom. The predicted octanol–water partition coefficient (Wildman–Crippen LogP) is 2.29. The third-order valence-electron chi connectivity index (χ3n) is 5.19. The molecule has 1 aliphatic carbocycles. The number of carbonyl (C=O) groups excluding carboxylic acids is 1. The van der Waals surface area contributed by atoms with Gasteiger partial charge in [0.05, 0.1) is 25.0 Å². The minimum absolute atomic E-state index is 0.0323. The van der Waals surface area contributed by atoms with Gasteiger partial charge in [0.25, 0.3) is 0 Å². The quantitative estimate of drug-likeness (QED) is 0.654. The van der Waals surface area contributed by atoms with E-state index < -0.39 is 5.95 Å². The molecule has 7 heteroatoms. The van der Waals surface area contributed by atoms with Gasteiger partial charge in [0.1, 0.15) is 17.2 Å². The molecule has 0 bridgehead atoms.